The fourth-order valence-electron chi connectivity index (χ4n) is 1.82. The van der Waals surface area contributed by atoms with Crippen molar-refractivity contribution in [3.05, 3.63) is 30.0 Å². The van der Waals surface area contributed by atoms with Crippen LogP contribution in [0, 0.1) is 0 Å². The Morgan fingerprint density at radius 2 is 2.12 bits per heavy atom. The number of fused-ring (bicyclic) bond motifs is 1. The number of hydrogen-bond donors (Lipinski definition) is 0. The van der Waals surface area contributed by atoms with Gasteiger partial charge in [0.15, 0.2) is 17.1 Å². The molecule has 0 fully saturated rings. The molecule has 0 radical (unpaired) electrons. The number of Topliss-reactive ketones (excluding diaryl/α,β-unsaturated/α-hetero) is 1. The van der Waals surface area contributed by atoms with E-state index in [2.05, 4.69) is 0 Å². The van der Waals surface area contributed by atoms with Crippen molar-refractivity contribution in [1.82, 2.24) is 0 Å². The van der Waals surface area contributed by atoms with E-state index in [1.54, 1.807) is 18.4 Å². The Hall–Kier alpha value is -1.77. The molecule has 1 aromatic carbocycles. The van der Waals surface area contributed by atoms with Crippen LogP contribution in [0.5, 0.6) is 5.75 Å². The monoisotopic (exact) mass is 232 g/mol. The lowest BCUT2D eigenvalue weighted by Crippen LogP contribution is -2.06. The Labute approximate surface area is 100 Å². The molecule has 0 aliphatic rings. The molecule has 0 N–H and O–H groups in total. The summed E-state index contributed by atoms with van der Waals surface area (Å²) >= 11 is 0. The number of rotatable bonds is 4. The first-order valence-corrected chi connectivity index (χ1v) is 5.83. The standard InChI is InChI=1S/C14H16O3/c1-4-12(15)10-5-6-13(17-9(2)3)14-11(10)7-8-16-14/h5-9H,4H2,1-3H3. The van der Waals surface area contributed by atoms with Crippen molar-refractivity contribution in [2.75, 3.05) is 0 Å². The summed E-state index contributed by atoms with van der Waals surface area (Å²) in [4.78, 5) is 11.8. The predicted molar refractivity (Wildman–Crippen MR) is 66.6 cm³/mol. The normalized spacial score (nSPS) is 11.1. The number of benzene rings is 1. The van der Waals surface area contributed by atoms with Gasteiger partial charge in [0.1, 0.15) is 0 Å². The van der Waals surface area contributed by atoms with E-state index < -0.39 is 0 Å². The van der Waals surface area contributed by atoms with Gasteiger partial charge in [-0.05, 0) is 32.0 Å². The Balaban J connectivity index is 2.54. The first-order valence-electron chi connectivity index (χ1n) is 5.83. The summed E-state index contributed by atoms with van der Waals surface area (Å²) < 4.78 is 11.1. The first-order chi connectivity index (χ1) is 8.13. The van der Waals surface area contributed by atoms with Crippen LogP contribution in [0.4, 0.5) is 0 Å². The van der Waals surface area contributed by atoms with E-state index in [4.69, 9.17) is 9.15 Å². The summed E-state index contributed by atoms with van der Waals surface area (Å²) in [5.74, 6) is 0.806. The van der Waals surface area contributed by atoms with E-state index in [0.29, 0.717) is 23.3 Å². The minimum atomic E-state index is 0.0797. The highest BCUT2D eigenvalue weighted by Gasteiger charge is 2.14. The summed E-state index contributed by atoms with van der Waals surface area (Å²) in [5, 5.41) is 0.829. The molecule has 0 amide bonds. The number of hydrogen-bond acceptors (Lipinski definition) is 3. The third-order valence-electron chi connectivity index (χ3n) is 2.56. The zero-order chi connectivity index (χ0) is 12.4. The summed E-state index contributed by atoms with van der Waals surface area (Å²) in [7, 11) is 0. The van der Waals surface area contributed by atoms with Gasteiger partial charge in [-0.15, -0.1) is 0 Å². The van der Waals surface area contributed by atoms with Crippen molar-refractivity contribution in [2.24, 2.45) is 0 Å². The second kappa shape index (κ2) is 4.62. The lowest BCUT2D eigenvalue weighted by atomic mass is 10.0. The fourth-order valence-corrected chi connectivity index (χ4v) is 1.82. The molecule has 1 heterocycles. The molecular formula is C14H16O3. The van der Waals surface area contributed by atoms with E-state index >= 15 is 0 Å². The summed E-state index contributed by atoms with van der Waals surface area (Å²) in [6.45, 7) is 5.77. The van der Waals surface area contributed by atoms with Gasteiger partial charge in [0, 0.05) is 17.4 Å². The van der Waals surface area contributed by atoms with Crippen molar-refractivity contribution < 1.29 is 13.9 Å². The van der Waals surface area contributed by atoms with Crippen LogP contribution in [0.1, 0.15) is 37.6 Å². The zero-order valence-corrected chi connectivity index (χ0v) is 10.3. The fraction of sp³-hybridized carbons (Fsp3) is 0.357. The van der Waals surface area contributed by atoms with Crippen LogP contribution >= 0.6 is 0 Å². The SMILES string of the molecule is CCC(=O)c1ccc(OC(C)C)c2occc12. The molecule has 0 bridgehead atoms. The van der Waals surface area contributed by atoms with Crippen molar-refractivity contribution in [2.45, 2.75) is 33.3 Å². The summed E-state index contributed by atoms with van der Waals surface area (Å²) in [5.41, 5.74) is 1.35. The van der Waals surface area contributed by atoms with Gasteiger partial charge < -0.3 is 9.15 Å². The highest BCUT2D eigenvalue weighted by Crippen LogP contribution is 2.30. The number of ether oxygens (including phenoxy) is 1. The smallest absolute Gasteiger partial charge is 0.176 e. The Morgan fingerprint density at radius 3 is 2.76 bits per heavy atom. The number of carbonyl (C=O) groups is 1. The van der Waals surface area contributed by atoms with Crippen LogP contribution in [-0.4, -0.2) is 11.9 Å². The lowest BCUT2D eigenvalue weighted by Gasteiger charge is -2.10. The highest BCUT2D eigenvalue weighted by atomic mass is 16.5. The maximum atomic E-state index is 11.8. The number of ketones is 1. The van der Waals surface area contributed by atoms with Gasteiger partial charge >= 0.3 is 0 Å². The van der Waals surface area contributed by atoms with Crippen molar-refractivity contribution in [3.63, 3.8) is 0 Å². The molecule has 90 valence electrons. The van der Waals surface area contributed by atoms with Gasteiger partial charge in [0.2, 0.25) is 0 Å². The minimum absolute atomic E-state index is 0.0797. The summed E-state index contributed by atoms with van der Waals surface area (Å²) in [6.07, 6.45) is 2.16. The molecule has 3 heteroatoms. The average molecular weight is 232 g/mol. The molecule has 0 saturated heterocycles. The van der Waals surface area contributed by atoms with E-state index in [1.807, 2.05) is 26.8 Å². The molecule has 0 spiro atoms. The second-order valence-electron chi connectivity index (χ2n) is 4.22. The highest BCUT2D eigenvalue weighted by molar-refractivity contribution is 6.08. The quantitative estimate of drug-likeness (QED) is 0.752. The van der Waals surface area contributed by atoms with Crippen molar-refractivity contribution >= 4 is 16.8 Å². The topological polar surface area (TPSA) is 39.4 Å². The largest absolute Gasteiger partial charge is 0.487 e. The van der Waals surface area contributed by atoms with Crippen LogP contribution in [0.2, 0.25) is 0 Å². The Morgan fingerprint density at radius 1 is 1.35 bits per heavy atom. The van der Waals surface area contributed by atoms with Gasteiger partial charge in [-0.25, -0.2) is 0 Å². The predicted octanol–water partition coefficient (Wildman–Crippen LogP) is 3.81. The molecule has 2 rings (SSSR count). The Bertz CT molecular complexity index is 537. The lowest BCUT2D eigenvalue weighted by molar-refractivity contribution is 0.0989. The maximum Gasteiger partial charge on any atom is 0.176 e. The average Bonchev–Trinajstić information content (AvgIpc) is 2.77. The molecule has 0 atom stereocenters. The minimum Gasteiger partial charge on any atom is -0.487 e. The third-order valence-corrected chi connectivity index (χ3v) is 2.56. The molecule has 2 aromatic rings. The molecule has 3 nitrogen and oxygen atoms in total. The molecule has 0 saturated carbocycles. The van der Waals surface area contributed by atoms with Gasteiger partial charge in [-0.1, -0.05) is 6.92 Å². The van der Waals surface area contributed by atoms with E-state index in [0.717, 1.165) is 5.39 Å². The van der Waals surface area contributed by atoms with Crippen LogP contribution in [-0.2, 0) is 0 Å². The van der Waals surface area contributed by atoms with Gasteiger partial charge in [0.05, 0.1) is 12.4 Å². The van der Waals surface area contributed by atoms with Crippen LogP contribution in [0.3, 0.4) is 0 Å². The van der Waals surface area contributed by atoms with Gasteiger partial charge in [0.25, 0.3) is 0 Å². The van der Waals surface area contributed by atoms with E-state index in [1.165, 1.54) is 0 Å². The van der Waals surface area contributed by atoms with Crippen molar-refractivity contribution in [3.8, 4) is 5.75 Å². The Kier molecular flexibility index (Phi) is 3.18. The molecule has 1 aromatic heterocycles. The molecule has 0 aliphatic heterocycles. The molecule has 0 unspecified atom stereocenters. The van der Waals surface area contributed by atoms with Crippen LogP contribution in [0.25, 0.3) is 11.0 Å². The maximum absolute atomic E-state index is 11.8. The van der Waals surface area contributed by atoms with Gasteiger partial charge in [-0.3, -0.25) is 4.79 Å². The van der Waals surface area contributed by atoms with Gasteiger partial charge in [-0.2, -0.15) is 0 Å². The molecule has 17 heavy (non-hydrogen) atoms. The number of furan rings is 1. The zero-order valence-electron chi connectivity index (χ0n) is 10.3. The first kappa shape index (κ1) is 11.7. The second-order valence-corrected chi connectivity index (χ2v) is 4.22. The van der Waals surface area contributed by atoms with Crippen molar-refractivity contribution in [1.29, 1.82) is 0 Å². The molecular weight excluding hydrogens is 216 g/mol. The third kappa shape index (κ3) is 2.18. The van der Waals surface area contributed by atoms with Crippen LogP contribution < -0.4 is 4.74 Å². The van der Waals surface area contributed by atoms with E-state index in [-0.39, 0.29) is 11.9 Å². The number of carbonyl (C=O) groups excluding carboxylic acids is 1. The molecule has 0 aliphatic carbocycles. The van der Waals surface area contributed by atoms with E-state index in [9.17, 15) is 4.79 Å². The van der Waals surface area contributed by atoms with Crippen LogP contribution in [0.15, 0.2) is 28.9 Å². The summed E-state index contributed by atoms with van der Waals surface area (Å²) in [6, 6.07) is 5.42.